The van der Waals surface area contributed by atoms with E-state index in [-0.39, 0.29) is 29.0 Å². The highest BCUT2D eigenvalue weighted by Gasteiger charge is 2.39. The number of rotatable bonds is 5. The Morgan fingerprint density at radius 1 is 1.05 bits per heavy atom. The summed E-state index contributed by atoms with van der Waals surface area (Å²) >= 11 is 4.81. The number of anilines is 2. The predicted molar refractivity (Wildman–Crippen MR) is 151 cm³/mol. The molecule has 202 valence electrons. The van der Waals surface area contributed by atoms with Gasteiger partial charge in [0, 0.05) is 51.3 Å². The van der Waals surface area contributed by atoms with Gasteiger partial charge in [-0.05, 0) is 41.3 Å². The Kier molecular flexibility index (Phi) is 6.88. The van der Waals surface area contributed by atoms with Crippen LogP contribution in [0.5, 0.6) is 5.75 Å². The van der Waals surface area contributed by atoms with Gasteiger partial charge in [-0.1, -0.05) is 30.3 Å². The normalized spacial score (nSPS) is 22.1. The van der Waals surface area contributed by atoms with E-state index in [1.165, 1.54) is 11.1 Å². The number of aromatic hydroxyl groups is 1. The first-order valence-electron chi connectivity index (χ1n) is 13.2. The summed E-state index contributed by atoms with van der Waals surface area (Å²) in [5.41, 5.74) is 11.8. The molecule has 39 heavy (non-hydrogen) atoms. The summed E-state index contributed by atoms with van der Waals surface area (Å²) in [6.45, 7) is 4.78. The van der Waals surface area contributed by atoms with E-state index in [0.717, 1.165) is 44.0 Å². The lowest BCUT2D eigenvalue weighted by Gasteiger charge is -2.36. The first-order chi connectivity index (χ1) is 18.9. The van der Waals surface area contributed by atoms with E-state index in [1.807, 2.05) is 18.2 Å². The number of nitrogens with two attached hydrogens (primary N) is 1. The third-order valence-corrected chi connectivity index (χ3v) is 8.44. The fourth-order valence-corrected chi connectivity index (χ4v) is 6.25. The maximum atomic E-state index is 12.4. The molecule has 3 aliphatic heterocycles. The molecule has 0 radical (unpaired) electrons. The van der Waals surface area contributed by atoms with Gasteiger partial charge in [-0.2, -0.15) is 12.6 Å². The van der Waals surface area contributed by atoms with Crippen molar-refractivity contribution in [3.05, 3.63) is 65.2 Å². The number of amides is 2. The number of nitrogen functional groups attached to an aromatic ring is 1. The standard InChI is InChI=1S/C28H31N7O3S/c29-26-23(14-21(31-32-26)20-3-1-2-4-24(20)36)34-11-9-33(10-12-34)15-17-5-6-19-18(13-17)16-35(28(19)39)22-7-8-25(37)30-27(22)38/h1-6,13-14,22,28,36,39H,7-12,15-16H2,(H2,29,32)(H,30,37,38). The predicted octanol–water partition coefficient (Wildman–Crippen LogP) is 2.30. The van der Waals surface area contributed by atoms with Gasteiger partial charge in [0.15, 0.2) is 5.82 Å². The van der Waals surface area contributed by atoms with Crippen LogP contribution >= 0.6 is 12.6 Å². The van der Waals surface area contributed by atoms with E-state index in [2.05, 4.69) is 48.4 Å². The Balaban J connectivity index is 1.10. The average molecular weight is 546 g/mol. The first-order valence-corrected chi connectivity index (χ1v) is 13.7. The number of imide groups is 1. The number of fused-ring (bicyclic) bond motifs is 1. The summed E-state index contributed by atoms with van der Waals surface area (Å²) in [6.07, 6.45) is 0.886. The van der Waals surface area contributed by atoms with Crippen LogP contribution in [0.4, 0.5) is 11.5 Å². The van der Waals surface area contributed by atoms with Crippen LogP contribution in [-0.4, -0.2) is 69.1 Å². The molecule has 11 heteroatoms. The summed E-state index contributed by atoms with van der Waals surface area (Å²) in [4.78, 5) is 30.7. The van der Waals surface area contributed by atoms with Gasteiger partial charge >= 0.3 is 0 Å². The molecule has 2 saturated heterocycles. The van der Waals surface area contributed by atoms with E-state index < -0.39 is 0 Å². The van der Waals surface area contributed by atoms with E-state index >= 15 is 0 Å². The molecule has 0 spiro atoms. The Morgan fingerprint density at radius 2 is 1.85 bits per heavy atom. The van der Waals surface area contributed by atoms with Gasteiger partial charge in [0.05, 0.1) is 22.8 Å². The fraction of sp³-hybridized carbons (Fsp3) is 0.357. The molecule has 3 aromatic rings. The molecule has 0 aliphatic carbocycles. The summed E-state index contributed by atoms with van der Waals surface area (Å²) in [7, 11) is 0. The van der Waals surface area contributed by atoms with Crippen molar-refractivity contribution in [3.8, 4) is 17.0 Å². The van der Waals surface area contributed by atoms with Crippen molar-refractivity contribution in [2.24, 2.45) is 0 Å². The molecule has 2 atom stereocenters. The molecule has 2 amide bonds. The molecule has 4 N–H and O–H groups in total. The number of phenolic OH excluding ortho intramolecular Hbond substituents is 1. The molecule has 6 rings (SSSR count). The Morgan fingerprint density at radius 3 is 2.62 bits per heavy atom. The van der Waals surface area contributed by atoms with Gasteiger partial charge in [-0.15, -0.1) is 10.2 Å². The lowest BCUT2D eigenvalue weighted by atomic mass is 10.0. The molecule has 2 aromatic carbocycles. The second-order valence-corrected chi connectivity index (χ2v) is 10.8. The van der Waals surface area contributed by atoms with Crippen LogP contribution < -0.4 is 16.0 Å². The van der Waals surface area contributed by atoms with Crippen LogP contribution in [0.1, 0.15) is 34.9 Å². The van der Waals surface area contributed by atoms with Crippen molar-refractivity contribution in [3.63, 3.8) is 0 Å². The molecule has 10 nitrogen and oxygen atoms in total. The number of hydrogen-bond donors (Lipinski definition) is 4. The number of para-hydroxylation sites is 1. The lowest BCUT2D eigenvalue weighted by molar-refractivity contribution is -0.137. The summed E-state index contributed by atoms with van der Waals surface area (Å²) < 4.78 is 0. The summed E-state index contributed by atoms with van der Waals surface area (Å²) in [5, 5.41) is 20.9. The minimum atomic E-state index is -0.337. The number of aromatic nitrogens is 2. The monoisotopic (exact) mass is 545 g/mol. The number of piperidine rings is 1. The van der Waals surface area contributed by atoms with Crippen molar-refractivity contribution in [2.45, 2.75) is 37.3 Å². The van der Waals surface area contributed by atoms with Gasteiger partial charge < -0.3 is 15.7 Å². The zero-order chi connectivity index (χ0) is 27.1. The van der Waals surface area contributed by atoms with Crippen LogP contribution in [0, 0.1) is 0 Å². The number of nitrogens with zero attached hydrogens (tertiary/aromatic N) is 5. The van der Waals surface area contributed by atoms with Crippen LogP contribution in [-0.2, 0) is 22.7 Å². The number of piperazine rings is 1. The first kappa shape index (κ1) is 25.6. The highest BCUT2D eigenvalue weighted by molar-refractivity contribution is 7.80. The molecule has 1 aromatic heterocycles. The van der Waals surface area contributed by atoms with Crippen LogP contribution in [0.25, 0.3) is 11.3 Å². The van der Waals surface area contributed by atoms with E-state index in [0.29, 0.717) is 36.5 Å². The topological polar surface area (TPSA) is 128 Å². The van der Waals surface area contributed by atoms with Crippen molar-refractivity contribution in [1.29, 1.82) is 0 Å². The maximum Gasteiger partial charge on any atom is 0.243 e. The van der Waals surface area contributed by atoms with Crippen molar-refractivity contribution in [2.75, 3.05) is 36.8 Å². The zero-order valence-electron chi connectivity index (χ0n) is 21.5. The van der Waals surface area contributed by atoms with Crippen molar-refractivity contribution >= 4 is 35.9 Å². The van der Waals surface area contributed by atoms with Gasteiger partial charge in [0.1, 0.15) is 5.75 Å². The molecule has 2 unspecified atom stereocenters. The number of thiol groups is 1. The van der Waals surface area contributed by atoms with E-state index in [1.54, 1.807) is 12.1 Å². The Labute approximate surface area is 232 Å². The average Bonchev–Trinajstić information content (AvgIpc) is 3.25. The largest absolute Gasteiger partial charge is 0.507 e. The molecule has 2 fully saturated rings. The van der Waals surface area contributed by atoms with Gasteiger partial charge in [0.2, 0.25) is 11.8 Å². The second kappa shape index (κ2) is 10.5. The molecular weight excluding hydrogens is 514 g/mol. The zero-order valence-corrected chi connectivity index (χ0v) is 22.3. The summed E-state index contributed by atoms with van der Waals surface area (Å²) in [5.74, 6) is 0.105. The van der Waals surface area contributed by atoms with Crippen molar-refractivity contribution < 1.29 is 14.7 Å². The highest BCUT2D eigenvalue weighted by Crippen LogP contribution is 2.40. The number of phenols is 1. The van der Waals surface area contributed by atoms with E-state index in [4.69, 9.17) is 18.4 Å². The number of nitrogens with one attached hydrogen (secondary N) is 1. The second-order valence-electron chi connectivity index (χ2n) is 10.3. The highest BCUT2D eigenvalue weighted by atomic mass is 32.1. The van der Waals surface area contributed by atoms with Crippen LogP contribution in [0.15, 0.2) is 48.5 Å². The van der Waals surface area contributed by atoms with Crippen LogP contribution in [0.2, 0.25) is 0 Å². The van der Waals surface area contributed by atoms with Crippen molar-refractivity contribution in [1.82, 2.24) is 25.3 Å². The quantitative estimate of drug-likeness (QED) is 0.282. The Bertz CT molecular complexity index is 1430. The third kappa shape index (κ3) is 5.05. The molecule has 0 bridgehead atoms. The minimum Gasteiger partial charge on any atom is -0.507 e. The smallest absolute Gasteiger partial charge is 0.243 e. The molecule has 3 aliphatic rings. The maximum absolute atomic E-state index is 12.4. The minimum absolute atomic E-state index is 0.158. The number of carbonyl (C=O) groups excluding carboxylic acids is 2. The van der Waals surface area contributed by atoms with E-state index in [9.17, 15) is 14.7 Å². The lowest BCUT2D eigenvalue weighted by Crippen LogP contribution is -2.51. The summed E-state index contributed by atoms with van der Waals surface area (Å²) in [6, 6.07) is 15.1. The fourth-order valence-electron chi connectivity index (χ4n) is 5.76. The molecule has 4 heterocycles. The molecule has 0 saturated carbocycles. The van der Waals surface area contributed by atoms with Crippen LogP contribution in [0.3, 0.4) is 0 Å². The SMILES string of the molecule is Nc1nnc(-c2ccccc2O)cc1N1CCN(Cc2ccc3c(c2)CN(C2CCC(=O)NC2=O)C3S)CC1. The number of hydrogen-bond acceptors (Lipinski definition) is 10. The van der Waals surface area contributed by atoms with Gasteiger partial charge in [0.25, 0.3) is 0 Å². The third-order valence-electron chi connectivity index (χ3n) is 7.86. The Hall–Kier alpha value is -3.67. The van der Waals surface area contributed by atoms with Gasteiger partial charge in [-0.3, -0.25) is 24.7 Å². The number of carbonyl (C=O) groups is 2. The molecular formula is C28H31N7O3S. The van der Waals surface area contributed by atoms with Gasteiger partial charge in [-0.25, -0.2) is 0 Å². The number of benzene rings is 2.